The van der Waals surface area contributed by atoms with Crippen molar-refractivity contribution in [1.82, 2.24) is 30.6 Å². The van der Waals surface area contributed by atoms with E-state index in [0.29, 0.717) is 60.1 Å². The molecular formula is C32H36Br4N10O8. The third-order valence-corrected chi connectivity index (χ3v) is 12.0. The van der Waals surface area contributed by atoms with Crippen LogP contribution in [0.3, 0.4) is 0 Å². The molecule has 2 aliphatic heterocycles. The van der Waals surface area contributed by atoms with Crippen molar-refractivity contribution in [2.24, 2.45) is 10.3 Å². The summed E-state index contributed by atoms with van der Waals surface area (Å²) in [6.07, 6.45) is 3.94. The lowest BCUT2D eigenvalue weighted by Gasteiger charge is -2.33. The van der Waals surface area contributed by atoms with Gasteiger partial charge in [-0.2, -0.15) is 0 Å². The number of anilines is 2. The van der Waals surface area contributed by atoms with E-state index in [0.717, 1.165) is 5.69 Å². The van der Waals surface area contributed by atoms with E-state index >= 15 is 0 Å². The fourth-order valence-corrected chi connectivity index (χ4v) is 10.1. The number of aromatic amines is 2. The number of aryl methyl sites for hydroxylation is 1. The summed E-state index contributed by atoms with van der Waals surface area (Å²) in [7, 11) is 2.95. The molecular weight excluding hydrogens is 972 g/mol. The van der Waals surface area contributed by atoms with Gasteiger partial charge in [0.05, 0.1) is 44.0 Å². The number of H-pyrrole nitrogens is 2. The average Bonchev–Trinajstić information content (AvgIpc) is 3.94. The normalized spacial score (nSPS) is 25.5. The van der Waals surface area contributed by atoms with Gasteiger partial charge in [-0.05, 0) is 95.1 Å². The molecule has 4 heterocycles. The molecule has 5 atom stereocenters. The van der Waals surface area contributed by atoms with Crippen molar-refractivity contribution in [2.75, 3.05) is 38.8 Å². The summed E-state index contributed by atoms with van der Waals surface area (Å²) in [6, 6.07) is 0. The van der Waals surface area contributed by atoms with E-state index in [-0.39, 0.29) is 49.3 Å². The molecule has 2 aromatic heterocycles. The molecule has 290 valence electrons. The summed E-state index contributed by atoms with van der Waals surface area (Å²) in [5, 5.41) is 35.6. The van der Waals surface area contributed by atoms with Crippen LogP contribution in [0.15, 0.2) is 58.1 Å². The lowest BCUT2D eigenvalue weighted by molar-refractivity contribution is -0.115. The van der Waals surface area contributed by atoms with Gasteiger partial charge >= 0.3 is 0 Å². The zero-order valence-corrected chi connectivity index (χ0v) is 35.1. The zero-order valence-electron chi connectivity index (χ0n) is 28.7. The van der Waals surface area contributed by atoms with E-state index in [1.807, 2.05) is 0 Å². The molecule has 1 unspecified atom stereocenters. The molecule has 18 nitrogen and oxygen atoms in total. The Kier molecular flexibility index (Phi) is 12.0. The number of methoxy groups -OCH3 is 2. The number of nitrogens with one attached hydrogen (secondary N) is 4. The SMILES string of the molecule is COC1=C(Br)[C@H](O)[C@@]2(C=C1Br)CC(C(=O)NCCCc1[nH]c(N)nc1C(CCNC(=O)C1=NO[C@]3(C=C(Br)C(OC)=C(Br)[C@@H]3O)C1)c1cnc(N)[nH]1)=NO2. The minimum Gasteiger partial charge on any atom is -0.495 e. The van der Waals surface area contributed by atoms with Crippen molar-refractivity contribution in [3.05, 3.63) is 64.9 Å². The van der Waals surface area contributed by atoms with Gasteiger partial charge in [0, 0.05) is 43.2 Å². The number of nitrogens with two attached hydrogens (primary N) is 2. The number of oxime groups is 2. The highest BCUT2D eigenvalue weighted by molar-refractivity contribution is 9.12. The highest BCUT2D eigenvalue weighted by Crippen LogP contribution is 2.45. The van der Waals surface area contributed by atoms with Gasteiger partial charge in [0.15, 0.2) is 23.1 Å². The first-order valence-corrected chi connectivity index (χ1v) is 19.6. The summed E-state index contributed by atoms with van der Waals surface area (Å²) in [6.45, 7) is 0.479. The summed E-state index contributed by atoms with van der Waals surface area (Å²) in [5.41, 5.74) is 11.7. The Labute approximate surface area is 341 Å². The Morgan fingerprint density at radius 3 is 1.94 bits per heavy atom. The maximum absolute atomic E-state index is 13.2. The monoisotopic (exact) mass is 1000 g/mol. The number of halogens is 4. The number of rotatable bonds is 13. The molecule has 0 saturated heterocycles. The number of imidazole rings is 2. The molecule has 0 radical (unpaired) electrons. The van der Waals surface area contributed by atoms with Gasteiger partial charge in [-0.25, -0.2) is 9.97 Å². The number of aliphatic hydroxyl groups excluding tert-OH is 2. The first-order valence-electron chi connectivity index (χ1n) is 16.4. The molecule has 2 spiro atoms. The predicted octanol–water partition coefficient (Wildman–Crippen LogP) is 2.83. The second kappa shape index (κ2) is 16.2. The van der Waals surface area contributed by atoms with Crippen LogP contribution in [0.4, 0.5) is 11.9 Å². The van der Waals surface area contributed by atoms with Gasteiger partial charge in [0.1, 0.15) is 35.1 Å². The molecule has 0 fully saturated rings. The Bertz CT molecular complexity index is 2030. The second-order valence-corrected chi connectivity index (χ2v) is 16.2. The highest BCUT2D eigenvalue weighted by atomic mass is 79.9. The summed E-state index contributed by atoms with van der Waals surface area (Å²) in [5.74, 6) is -0.0675. The van der Waals surface area contributed by atoms with Crippen LogP contribution in [0.2, 0.25) is 0 Å². The first-order chi connectivity index (χ1) is 25.7. The molecule has 6 rings (SSSR count). The van der Waals surface area contributed by atoms with Crippen molar-refractivity contribution < 1.29 is 39.0 Å². The molecule has 2 aliphatic carbocycles. The van der Waals surface area contributed by atoms with E-state index in [4.69, 9.17) is 30.6 Å². The first kappa shape index (κ1) is 40.0. The maximum atomic E-state index is 13.2. The standard InChI is InChI=1S/C32H36Br4N10O8/c1-51-23-14(33)8-31(25(47)20(23)35)10-17(45-53-31)27(49)39-6-3-4-16-22(44-30(38)42-16)13(19-12-41-29(37)43-19)5-7-40-28(50)18-11-32(54-46-18)9-15(34)24(52-2)21(36)26(32)48/h8-9,12-13,25-26,47-48H,3-7,10-11H2,1-2H3,(H,39,49)(H,40,50)(H3,37,41,43)(H3,38,42,44)/t13?,25-,26-,31+,32+/m0/s1. The summed E-state index contributed by atoms with van der Waals surface area (Å²) in [4.78, 5) is 52.4. The van der Waals surface area contributed by atoms with E-state index in [9.17, 15) is 19.8 Å². The van der Waals surface area contributed by atoms with Gasteiger partial charge in [0.25, 0.3) is 11.8 Å². The summed E-state index contributed by atoms with van der Waals surface area (Å²) >= 11 is 13.6. The minimum atomic E-state index is -1.29. The third kappa shape index (κ3) is 7.72. The number of aliphatic hydroxyl groups is 2. The number of amides is 2. The molecule has 0 saturated carbocycles. The number of aromatic nitrogens is 4. The van der Waals surface area contributed by atoms with Gasteiger partial charge in [-0.15, -0.1) is 0 Å². The molecule has 0 bridgehead atoms. The molecule has 4 aliphatic rings. The van der Waals surface area contributed by atoms with E-state index in [1.165, 1.54) is 14.2 Å². The number of carbonyl (C=O) groups is 2. The largest absolute Gasteiger partial charge is 0.495 e. The van der Waals surface area contributed by atoms with Gasteiger partial charge < -0.3 is 61.4 Å². The van der Waals surface area contributed by atoms with E-state index < -0.39 is 41.1 Å². The van der Waals surface area contributed by atoms with Gasteiger partial charge in [-0.3, -0.25) is 9.59 Å². The van der Waals surface area contributed by atoms with Crippen LogP contribution in [0, 0.1) is 0 Å². The van der Waals surface area contributed by atoms with Crippen LogP contribution >= 0.6 is 63.7 Å². The number of carbonyl (C=O) groups excluding carboxylic acids is 2. The minimum absolute atomic E-state index is 0.0146. The Morgan fingerprint density at radius 2 is 1.44 bits per heavy atom. The summed E-state index contributed by atoms with van der Waals surface area (Å²) < 4.78 is 12.5. The second-order valence-electron chi connectivity index (χ2n) is 12.7. The number of nitrogens with zero attached hydrogens (tertiary/aromatic N) is 4. The third-order valence-electron chi connectivity index (χ3n) is 9.24. The Morgan fingerprint density at radius 1 is 0.907 bits per heavy atom. The molecule has 54 heavy (non-hydrogen) atoms. The van der Waals surface area contributed by atoms with Gasteiger partial charge in [-0.1, -0.05) is 10.3 Å². The average molecular weight is 1010 g/mol. The van der Waals surface area contributed by atoms with E-state index in [2.05, 4.69) is 105 Å². The van der Waals surface area contributed by atoms with Gasteiger partial charge in [0.2, 0.25) is 0 Å². The topological polar surface area (TPSA) is 270 Å². The molecule has 0 aromatic carbocycles. The Hall–Kier alpha value is -3.70. The van der Waals surface area contributed by atoms with Crippen molar-refractivity contribution in [3.63, 3.8) is 0 Å². The van der Waals surface area contributed by atoms with E-state index in [1.54, 1.807) is 18.3 Å². The van der Waals surface area contributed by atoms with Crippen LogP contribution in [-0.2, 0) is 35.2 Å². The smallest absolute Gasteiger partial charge is 0.269 e. The maximum Gasteiger partial charge on any atom is 0.269 e. The number of nitrogen functional groups attached to an aromatic ring is 2. The van der Waals surface area contributed by atoms with Crippen molar-refractivity contribution in [1.29, 1.82) is 0 Å². The van der Waals surface area contributed by atoms with Crippen LogP contribution in [-0.4, -0.2) is 104 Å². The number of hydrogen-bond acceptors (Lipinski definition) is 14. The van der Waals surface area contributed by atoms with Crippen molar-refractivity contribution >= 4 is 98.9 Å². The lowest BCUT2D eigenvalue weighted by atomic mass is 9.87. The molecule has 10 N–H and O–H groups in total. The predicted molar refractivity (Wildman–Crippen MR) is 210 cm³/mol. The fourth-order valence-electron chi connectivity index (χ4n) is 6.53. The van der Waals surface area contributed by atoms with Crippen LogP contribution in [0.25, 0.3) is 0 Å². The molecule has 2 amide bonds. The van der Waals surface area contributed by atoms with Crippen LogP contribution < -0.4 is 22.1 Å². The van der Waals surface area contributed by atoms with Crippen molar-refractivity contribution in [3.8, 4) is 0 Å². The van der Waals surface area contributed by atoms with Crippen LogP contribution in [0.1, 0.15) is 48.7 Å². The number of ether oxygens (including phenoxy) is 2. The Balaban J connectivity index is 1.05. The number of allylic oxidation sites excluding steroid dienone is 2. The lowest BCUT2D eigenvalue weighted by Crippen LogP contribution is -2.45. The number of hydrogen-bond donors (Lipinski definition) is 8. The van der Waals surface area contributed by atoms with Crippen LogP contribution in [0.5, 0.6) is 0 Å². The zero-order chi connectivity index (χ0) is 38.9. The van der Waals surface area contributed by atoms with Crippen molar-refractivity contribution in [2.45, 2.75) is 61.4 Å². The highest BCUT2D eigenvalue weighted by Gasteiger charge is 2.52. The quantitative estimate of drug-likeness (QED) is 0.135. The molecule has 22 heteroatoms. The fraction of sp³-hybridized carbons (Fsp3) is 0.438. The molecule has 2 aromatic rings.